The molecule has 3 aromatic rings. The zero-order valence-electron chi connectivity index (χ0n) is 29.7. The van der Waals surface area contributed by atoms with E-state index in [-0.39, 0.29) is 25.0 Å². The van der Waals surface area contributed by atoms with Crippen LogP contribution in [0.3, 0.4) is 0 Å². The van der Waals surface area contributed by atoms with Crippen LogP contribution in [-0.2, 0) is 25.6 Å². The second-order valence-corrected chi connectivity index (χ2v) is 14.7. The van der Waals surface area contributed by atoms with E-state index in [2.05, 4.69) is 10.6 Å². The first-order valence-electron chi connectivity index (χ1n) is 16.6. The molecular formula is C38H47ClFN3O7. The van der Waals surface area contributed by atoms with Crippen molar-refractivity contribution in [1.82, 2.24) is 10.6 Å². The maximum absolute atomic E-state index is 14.3. The van der Waals surface area contributed by atoms with Gasteiger partial charge in [-0.2, -0.15) is 0 Å². The predicted octanol–water partition coefficient (Wildman–Crippen LogP) is 7.36. The largest absolute Gasteiger partial charge is 0.492 e. The number of anilines is 1. The highest BCUT2D eigenvalue weighted by molar-refractivity contribution is 6.30. The number of hydrogen-bond donors (Lipinski definition) is 2. The first kappa shape index (κ1) is 38.5. The lowest BCUT2D eigenvalue weighted by atomic mass is 9.94. The molecule has 4 rings (SSSR count). The maximum Gasteiger partial charge on any atom is 0.407 e. The van der Waals surface area contributed by atoms with E-state index in [1.807, 2.05) is 26.8 Å². The molecule has 3 aromatic carbocycles. The van der Waals surface area contributed by atoms with Gasteiger partial charge in [-0.25, -0.2) is 9.18 Å². The molecule has 270 valence electrons. The van der Waals surface area contributed by atoms with E-state index in [0.717, 1.165) is 0 Å². The number of halogens is 2. The summed E-state index contributed by atoms with van der Waals surface area (Å²) in [4.78, 5) is 41.2. The highest BCUT2D eigenvalue weighted by Crippen LogP contribution is 2.45. The molecule has 10 nitrogen and oxygen atoms in total. The van der Waals surface area contributed by atoms with Crippen LogP contribution in [0.2, 0.25) is 5.02 Å². The number of alkyl carbamates (subject to hydrolysis) is 1. The Balaban J connectivity index is 1.64. The van der Waals surface area contributed by atoms with E-state index in [0.29, 0.717) is 58.4 Å². The van der Waals surface area contributed by atoms with Gasteiger partial charge in [0.2, 0.25) is 5.91 Å². The van der Waals surface area contributed by atoms with Gasteiger partial charge in [-0.15, -0.1) is 0 Å². The first-order chi connectivity index (χ1) is 23.6. The third-order valence-corrected chi connectivity index (χ3v) is 7.82. The average molecular weight is 712 g/mol. The minimum Gasteiger partial charge on any atom is -0.492 e. The van der Waals surface area contributed by atoms with Crippen LogP contribution in [0.5, 0.6) is 11.5 Å². The monoisotopic (exact) mass is 711 g/mol. The fraction of sp³-hybridized carbons (Fsp3) is 0.447. The Bertz CT molecular complexity index is 1670. The van der Waals surface area contributed by atoms with Gasteiger partial charge >= 0.3 is 6.09 Å². The minimum absolute atomic E-state index is 0.0438. The van der Waals surface area contributed by atoms with Gasteiger partial charge in [-0.05, 0) is 62.9 Å². The number of fused-ring (bicyclic) bond motifs is 1. The Morgan fingerprint density at radius 2 is 1.72 bits per heavy atom. The molecule has 0 fully saturated rings. The molecule has 0 radical (unpaired) electrons. The van der Waals surface area contributed by atoms with Crippen molar-refractivity contribution in [3.63, 3.8) is 0 Å². The molecule has 1 heterocycles. The van der Waals surface area contributed by atoms with Crippen molar-refractivity contribution in [3.05, 3.63) is 88.2 Å². The molecule has 2 unspecified atom stereocenters. The van der Waals surface area contributed by atoms with Gasteiger partial charge in [0, 0.05) is 47.0 Å². The van der Waals surface area contributed by atoms with Crippen molar-refractivity contribution in [1.29, 1.82) is 0 Å². The van der Waals surface area contributed by atoms with Crippen LogP contribution in [0, 0.1) is 11.2 Å². The topological polar surface area (TPSA) is 115 Å². The molecule has 1 aliphatic heterocycles. The number of methoxy groups -OCH3 is 1. The zero-order chi connectivity index (χ0) is 36.6. The number of carbonyl (C=O) groups excluding carboxylic acids is 3. The summed E-state index contributed by atoms with van der Waals surface area (Å²) in [5.41, 5.74) is 1.17. The van der Waals surface area contributed by atoms with Gasteiger partial charge in [0.05, 0.1) is 20.1 Å². The predicted molar refractivity (Wildman–Crippen MR) is 190 cm³/mol. The Morgan fingerprint density at radius 3 is 2.40 bits per heavy atom. The number of amides is 3. The van der Waals surface area contributed by atoms with E-state index in [1.54, 1.807) is 74.2 Å². The number of benzene rings is 3. The van der Waals surface area contributed by atoms with Crippen LogP contribution in [0.25, 0.3) is 0 Å². The van der Waals surface area contributed by atoms with Gasteiger partial charge in [-0.3, -0.25) is 9.59 Å². The fourth-order valence-electron chi connectivity index (χ4n) is 5.49. The quantitative estimate of drug-likeness (QED) is 0.189. The van der Waals surface area contributed by atoms with Crippen molar-refractivity contribution in [2.75, 3.05) is 31.7 Å². The van der Waals surface area contributed by atoms with Crippen LogP contribution in [0.4, 0.5) is 14.9 Å². The summed E-state index contributed by atoms with van der Waals surface area (Å²) in [6, 6.07) is 16.8. The number of carbonyl (C=O) groups is 3. The first-order valence-corrected chi connectivity index (χ1v) is 17.0. The summed E-state index contributed by atoms with van der Waals surface area (Å²) < 4.78 is 38.1. The number of rotatable bonds is 12. The van der Waals surface area contributed by atoms with E-state index in [1.165, 1.54) is 13.2 Å². The van der Waals surface area contributed by atoms with Crippen molar-refractivity contribution in [2.45, 2.75) is 78.7 Å². The molecule has 0 bridgehead atoms. The SMILES string of the molecule is COc1c(OCCCNC(=O)OC(C)(C)C)cccc1C1OC(CC(=O)NCc2ccccc2F)C(=O)N(CC(C)(C)C)c2ccc(Cl)cc21. The molecule has 50 heavy (non-hydrogen) atoms. The third-order valence-electron chi connectivity index (χ3n) is 7.58. The van der Waals surface area contributed by atoms with Gasteiger partial charge < -0.3 is 34.5 Å². The fourth-order valence-corrected chi connectivity index (χ4v) is 5.67. The second kappa shape index (κ2) is 16.6. The number of nitrogens with zero attached hydrogens (tertiary/aromatic N) is 1. The second-order valence-electron chi connectivity index (χ2n) is 14.3. The summed E-state index contributed by atoms with van der Waals surface area (Å²) in [6.07, 6.45) is -2.43. The van der Waals surface area contributed by atoms with Crippen LogP contribution in [-0.4, -0.2) is 56.4 Å². The van der Waals surface area contributed by atoms with Crippen molar-refractivity contribution < 1.29 is 37.7 Å². The van der Waals surface area contributed by atoms with E-state index in [4.69, 9.17) is 30.5 Å². The summed E-state index contributed by atoms with van der Waals surface area (Å²) in [5.74, 6) is -0.504. The molecule has 0 saturated heterocycles. The Labute approximate surface area is 298 Å². The lowest BCUT2D eigenvalue weighted by molar-refractivity contribution is -0.138. The molecule has 0 spiro atoms. The minimum atomic E-state index is -1.21. The van der Waals surface area contributed by atoms with Gasteiger partial charge in [-0.1, -0.05) is 62.7 Å². The van der Waals surface area contributed by atoms with Gasteiger partial charge in [0.25, 0.3) is 5.91 Å². The standard InChI is InChI=1S/C38H47ClFN3O7/c1-37(2,3)23-43-29-17-16-25(39)20-27(29)33(49-31(35(43)45)21-32(44)42-22-24-12-8-9-14-28(24)40)26-13-10-15-30(34(26)47-7)48-19-11-18-41-36(46)50-38(4,5)6/h8-10,12-17,20,31,33H,11,18-19,21-23H2,1-7H3,(H,41,46)(H,42,44). The van der Waals surface area contributed by atoms with Crippen LogP contribution < -0.4 is 25.0 Å². The molecule has 12 heteroatoms. The summed E-state index contributed by atoms with van der Waals surface area (Å²) in [7, 11) is 1.51. The maximum atomic E-state index is 14.3. The van der Waals surface area contributed by atoms with E-state index < -0.39 is 41.5 Å². The lowest BCUT2D eigenvalue weighted by Crippen LogP contribution is -2.45. The van der Waals surface area contributed by atoms with Gasteiger partial charge in [0.1, 0.15) is 23.6 Å². The average Bonchev–Trinajstić information content (AvgIpc) is 3.13. The van der Waals surface area contributed by atoms with E-state index >= 15 is 0 Å². The summed E-state index contributed by atoms with van der Waals surface area (Å²) >= 11 is 6.55. The van der Waals surface area contributed by atoms with Crippen molar-refractivity contribution in [3.8, 4) is 11.5 Å². The summed E-state index contributed by atoms with van der Waals surface area (Å²) in [6.45, 7) is 12.3. The Morgan fingerprint density at radius 1 is 0.980 bits per heavy atom. The van der Waals surface area contributed by atoms with Crippen molar-refractivity contribution >= 4 is 35.2 Å². The molecular weight excluding hydrogens is 665 g/mol. The number of para-hydroxylation sites is 1. The Hall–Kier alpha value is -4.35. The molecule has 3 amide bonds. The molecule has 2 N–H and O–H groups in total. The number of nitrogens with one attached hydrogen (secondary N) is 2. The summed E-state index contributed by atoms with van der Waals surface area (Å²) in [5, 5.41) is 5.88. The highest BCUT2D eigenvalue weighted by atomic mass is 35.5. The number of ether oxygens (including phenoxy) is 4. The smallest absolute Gasteiger partial charge is 0.407 e. The molecule has 2 atom stereocenters. The lowest BCUT2D eigenvalue weighted by Gasteiger charge is -2.31. The molecule has 0 saturated carbocycles. The molecule has 0 aromatic heterocycles. The van der Waals surface area contributed by atoms with Crippen LogP contribution in [0.15, 0.2) is 60.7 Å². The van der Waals surface area contributed by atoms with Gasteiger partial charge in [0.15, 0.2) is 11.5 Å². The highest BCUT2D eigenvalue weighted by Gasteiger charge is 2.40. The van der Waals surface area contributed by atoms with Crippen LogP contribution >= 0.6 is 11.6 Å². The third kappa shape index (κ3) is 10.6. The van der Waals surface area contributed by atoms with E-state index in [9.17, 15) is 18.8 Å². The Kier molecular flexibility index (Phi) is 12.7. The zero-order valence-corrected chi connectivity index (χ0v) is 30.5. The number of hydrogen-bond acceptors (Lipinski definition) is 7. The molecule has 1 aliphatic rings. The molecule has 0 aliphatic carbocycles. The normalized spacial score (nSPS) is 16.3. The van der Waals surface area contributed by atoms with Crippen LogP contribution in [0.1, 0.15) is 77.2 Å². The van der Waals surface area contributed by atoms with Crippen molar-refractivity contribution in [2.24, 2.45) is 5.41 Å².